The highest BCUT2D eigenvalue weighted by atomic mass is 32.2. The molecule has 1 amide bonds. The van der Waals surface area contributed by atoms with Gasteiger partial charge >= 0.3 is 0 Å². The molecule has 0 spiro atoms. The molecule has 0 fully saturated rings. The van der Waals surface area contributed by atoms with Crippen LogP contribution in [0, 0.1) is 0 Å². The molecule has 1 N–H and O–H groups in total. The molecule has 0 aliphatic carbocycles. The van der Waals surface area contributed by atoms with Gasteiger partial charge in [-0.15, -0.1) is 0 Å². The number of hydrogen-bond donors (Lipinski definition) is 1. The molecule has 4 rings (SSSR count). The third-order valence-corrected chi connectivity index (χ3v) is 7.71. The number of fused-ring (bicyclic) bond motifs is 1. The summed E-state index contributed by atoms with van der Waals surface area (Å²) < 4.78 is 34.9. The zero-order chi connectivity index (χ0) is 25.2. The minimum absolute atomic E-state index is 0.0249. The number of sulfonamides is 1. The Labute approximate surface area is 205 Å². The minimum Gasteiger partial charge on any atom is -0.497 e. The summed E-state index contributed by atoms with van der Waals surface area (Å²) >= 11 is 0. The Balaban J connectivity index is 1.57. The van der Waals surface area contributed by atoms with Crippen LogP contribution in [0.1, 0.15) is 36.1 Å². The molecule has 3 aromatic carbocycles. The third-order valence-electron chi connectivity index (χ3n) is 5.93. The second kappa shape index (κ2) is 9.79. The molecule has 8 nitrogen and oxygen atoms in total. The second-order valence-electron chi connectivity index (χ2n) is 8.10. The highest BCUT2D eigenvalue weighted by Gasteiger charge is 2.24. The molecular weight excluding hydrogens is 464 g/mol. The number of hydrogen-bond acceptors (Lipinski definition) is 5. The van der Waals surface area contributed by atoms with Gasteiger partial charge in [0.2, 0.25) is 0 Å². The van der Waals surface area contributed by atoms with Crippen LogP contribution in [-0.2, 0) is 16.6 Å². The van der Waals surface area contributed by atoms with Crippen LogP contribution < -0.4 is 14.4 Å². The average molecular weight is 493 g/mol. The number of methoxy groups -OCH3 is 1. The van der Waals surface area contributed by atoms with Gasteiger partial charge in [0.15, 0.2) is 0 Å². The van der Waals surface area contributed by atoms with Gasteiger partial charge in [0.1, 0.15) is 11.6 Å². The van der Waals surface area contributed by atoms with Crippen LogP contribution in [0.3, 0.4) is 0 Å². The van der Waals surface area contributed by atoms with Crippen LogP contribution in [-0.4, -0.2) is 38.0 Å². The van der Waals surface area contributed by atoms with E-state index in [0.29, 0.717) is 18.0 Å². The number of rotatable bonds is 8. The van der Waals surface area contributed by atoms with E-state index in [1.54, 1.807) is 43.5 Å². The van der Waals surface area contributed by atoms with E-state index in [2.05, 4.69) is 9.88 Å². The van der Waals surface area contributed by atoms with Crippen molar-refractivity contribution in [1.82, 2.24) is 14.9 Å². The molecule has 9 heteroatoms. The molecule has 0 radical (unpaired) electrons. The predicted molar refractivity (Wildman–Crippen MR) is 136 cm³/mol. The number of nitrogens with zero attached hydrogens (tertiary/aromatic N) is 3. The maximum absolute atomic E-state index is 13.2. The van der Waals surface area contributed by atoms with Crippen LogP contribution in [0.5, 0.6) is 5.75 Å². The summed E-state index contributed by atoms with van der Waals surface area (Å²) in [5.74, 6) is 0.991. The van der Waals surface area contributed by atoms with Crippen molar-refractivity contribution >= 4 is 32.7 Å². The lowest BCUT2D eigenvalue weighted by Gasteiger charge is -2.20. The molecule has 0 aliphatic rings. The first-order valence-corrected chi connectivity index (χ1v) is 12.7. The van der Waals surface area contributed by atoms with E-state index in [4.69, 9.17) is 9.72 Å². The van der Waals surface area contributed by atoms with E-state index in [9.17, 15) is 13.2 Å². The zero-order valence-electron chi connectivity index (χ0n) is 20.1. The number of aryl methyl sites for hydroxylation is 1. The topological polar surface area (TPSA) is 93.5 Å². The van der Waals surface area contributed by atoms with Gasteiger partial charge in [0, 0.05) is 19.2 Å². The van der Waals surface area contributed by atoms with E-state index in [0.717, 1.165) is 16.9 Å². The van der Waals surface area contributed by atoms with Gasteiger partial charge in [-0.3, -0.25) is 9.10 Å². The lowest BCUT2D eigenvalue weighted by Crippen LogP contribution is -2.29. The van der Waals surface area contributed by atoms with Gasteiger partial charge in [-0.05, 0) is 68.4 Å². The highest BCUT2D eigenvalue weighted by molar-refractivity contribution is 7.92. The van der Waals surface area contributed by atoms with Gasteiger partial charge in [-0.2, -0.15) is 0 Å². The number of ether oxygens (including phenoxy) is 1. The van der Waals surface area contributed by atoms with Gasteiger partial charge in [0.05, 0.1) is 34.8 Å². The number of imidazole rings is 1. The van der Waals surface area contributed by atoms with Crippen molar-refractivity contribution in [2.75, 3.05) is 18.5 Å². The van der Waals surface area contributed by atoms with Crippen LogP contribution in [0.2, 0.25) is 0 Å². The third kappa shape index (κ3) is 4.72. The Bertz CT molecular complexity index is 1460. The molecule has 0 bridgehead atoms. The number of carbonyl (C=O) groups excluding carboxylic acids is 1. The summed E-state index contributed by atoms with van der Waals surface area (Å²) in [5.41, 5.74) is 2.59. The first-order valence-electron chi connectivity index (χ1n) is 11.2. The number of nitrogens with one attached hydrogen (secondary N) is 1. The fourth-order valence-electron chi connectivity index (χ4n) is 3.99. The molecule has 0 saturated carbocycles. The van der Waals surface area contributed by atoms with Crippen LogP contribution in [0.4, 0.5) is 5.69 Å². The predicted octanol–water partition coefficient (Wildman–Crippen LogP) is 4.38. The SMILES string of the molecule is CCn1c(C(C)NC(=O)c2cccc(S(=O)(=O)N(C)c3ccc(OC)cc3)c2)nc2ccccc21. The van der Waals surface area contributed by atoms with Gasteiger partial charge in [-0.1, -0.05) is 18.2 Å². The molecular formula is C26H28N4O4S. The van der Waals surface area contributed by atoms with Crippen molar-refractivity contribution < 1.29 is 17.9 Å². The van der Waals surface area contributed by atoms with Crippen LogP contribution in [0.25, 0.3) is 11.0 Å². The number of aromatic nitrogens is 2. The molecule has 1 unspecified atom stereocenters. The van der Waals surface area contributed by atoms with E-state index >= 15 is 0 Å². The van der Waals surface area contributed by atoms with Crippen molar-refractivity contribution in [3.8, 4) is 5.75 Å². The van der Waals surface area contributed by atoms with Crippen LogP contribution in [0.15, 0.2) is 77.7 Å². The molecule has 35 heavy (non-hydrogen) atoms. The Morgan fingerprint density at radius 1 is 1.09 bits per heavy atom. The standard InChI is InChI=1S/C26H28N4O4S/c1-5-30-24-12-7-6-11-23(24)28-25(30)18(2)27-26(31)19-9-8-10-22(17-19)35(32,33)29(3)20-13-15-21(34-4)16-14-20/h6-18H,5H2,1-4H3,(H,27,31). The quantitative estimate of drug-likeness (QED) is 0.394. The first kappa shape index (κ1) is 24.3. The number of amides is 1. The average Bonchev–Trinajstić information content (AvgIpc) is 3.27. The number of benzene rings is 3. The van der Waals surface area contributed by atoms with Gasteiger partial charge < -0.3 is 14.6 Å². The van der Waals surface area contributed by atoms with Crippen molar-refractivity contribution in [2.24, 2.45) is 0 Å². The maximum Gasteiger partial charge on any atom is 0.264 e. The van der Waals surface area contributed by atoms with Crippen molar-refractivity contribution in [3.63, 3.8) is 0 Å². The van der Waals surface area contributed by atoms with Crippen molar-refractivity contribution in [3.05, 3.63) is 84.2 Å². The molecule has 1 aromatic heterocycles. The van der Waals surface area contributed by atoms with Crippen molar-refractivity contribution in [2.45, 2.75) is 31.3 Å². The second-order valence-corrected chi connectivity index (χ2v) is 10.1. The molecule has 4 aromatic rings. The summed E-state index contributed by atoms with van der Waals surface area (Å²) in [4.78, 5) is 17.8. The van der Waals surface area contributed by atoms with E-state index in [1.807, 2.05) is 38.1 Å². The first-order chi connectivity index (χ1) is 16.8. The molecule has 0 aliphatic heterocycles. The maximum atomic E-state index is 13.2. The van der Waals surface area contributed by atoms with E-state index in [-0.39, 0.29) is 22.4 Å². The summed E-state index contributed by atoms with van der Waals surface area (Å²) in [5, 5.41) is 2.96. The Morgan fingerprint density at radius 3 is 2.49 bits per heavy atom. The zero-order valence-corrected chi connectivity index (χ0v) is 20.9. The van der Waals surface area contributed by atoms with Crippen LogP contribution >= 0.6 is 0 Å². The lowest BCUT2D eigenvalue weighted by atomic mass is 10.2. The van der Waals surface area contributed by atoms with Gasteiger partial charge in [-0.25, -0.2) is 13.4 Å². The monoisotopic (exact) mass is 492 g/mol. The molecule has 0 saturated heterocycles. The van der Waals surface area contributed by atoms with Gasteiger partial charge in [0.25, 0.3) is 15.9 Å². The summed E-state index contributed by atoms with van der Waals surface area (Å²) in [6.07, 6.45) is 0. The summed E-state index contributed by atoms with van der Waals surface area (Å²) in [7, 11) is -0.860. The van der Waals surface area contributed by atoms with Crippen molar-refractivity contribution in [1.29, 1.82) is 0 Å². The highest BCUT2D eigenvalue weighted by Crippen LogP contribution is 2.25. The van der Waals surface area contributed by atoms with E-state index < -0.39 is 10.0 Å². The normalized spacial score (nSPS) is 12.3. The Hall–Kier alpha value is -3.85. The summed E-state index contributed by atoms with van der Waals surface area (Å²) in [6, 6.07) is 20.2. The fourth-order valence-corrected chi connectivity index (χ4v) is 5.23. The largest absolute Gasteiger partial charge is 0.497 e. The molecule has 1 heterocycles. The smallest absolute Gasteiger partial charge is 0.264 e. The fraction of sp³-hybridized carbons (Fsp3) is 0.231. The minimum atomic E-state index is -3.88. The number of anilines is 1. The molecule has 1 atom stereocenters. The van der Waals surface area contributed by atoms with E-state index in [1.165, 1.54) is 23.5 Å². The Kier molecular flexibility index (Phi) is 6.79. The summed E-state index contributed by atoms with van der Waals surface area (Å²) in [6.45, 7) is 4.60. The lowest BCUT2D eigenvalue weighted by molar-refractivity contribution is 0.0937. The molecule has 182 valence electrons. The number of carbonyl (C=O) groups is 1. The Morgan fingerprint density at radius 2 is 1.80 bits per heavy atom. The number of para-hydroxylation sites is 2.